The van der Waals surface area contributed by atoms with Gasteiger partial charge in [0.2, 0.25) is 0 Å². The van der Waals surface area contributed by atoms with Gasteiger partial charge in [-0.05, 0) is 42.0 Å². The van der Waals surface area contributed by atoms with Gasteiger partial charge in [0.05, 0.1) is 0 Å². The molecule has 0 unspecified atom stereocenters. The molecule has 3 nitrogen and oxygen atoms in total. The second-order valence-electron chi connectivity index (χ2n) is 4.27. The summed E-state index contributed by atoms with van der Waals surface area (Å²) < 4.78 is 0.910. The lowest BCUT2D eigenvalue weighted by Crippen LogP contribution is -2.10. The summed E-state index contributed by atoms with van der Waals surface area (Å²) in [5.74, 6) is -0.960. The van der Waals surface area contributed by atoms with E-state index in [4.69, 9.17) is 5.11 Å². The Morgan fingerprint density at radius 3 is 2.55 bits per heavy atom. The Labute approximate surface area is 126 Å². The monoisotopic (exact) mass is 331 g/mol. The van der Waals surface area contributed by atoms with E-state index in [0.29, 0.717) is 0 Å². The standard InChI is InChI=1S/C16H14BrNO2/c1-18(14-5-3-2-4-6-14)15-9-8-13(17)11-12(15)7-10-16(19)20/h2-11H,1H3,(H,19,20)/b10-7+. The van der Waals surface area contributed by atoms with Crippen molar-refractivity contribution >= 4 is 39.4 Å². The first kappa shape index (κ1) is 14.3. The highest BCUT2D eigenvalue weighted by Crippen LogP contribution is 2.30. The summed E-state index contributed by atoms with van der Waals surface area (Å²) in [7, 11) is 1.96. The van der Waals surface area contributed by atoms with E-state index < -0.39 is 5.97 Å². The first-order valence-corrected chi connectivity index (χ1v) is 6.86. The number of hydrogen-bond acceptors (Lipinski definition) is 2. The zero-order chi connectivity index (χ0) is 14.5. The van der Waals surface area contributed by atoms with Crippen LogP contribution >= 0.6 is 15.9 Å². The number of carboxylic acids is 1. The normalized spacial score (nSPS) is 10.7. The number of halogens is 1. The third-order valence-corrected chi connectivity index (χ3v) is 3.39. The largest absolute Gasteiger partial charge is 0.478 e. The van der Waals surface area contributed by atoms with Gasteiger partial charge in [-0.1, -0.05) is 34.1 Å². The van der Waals surface area contributed by atoms with Crippen molar-refractivity contribution in [3.8, 4) is 0 Å². The van der Waals surface area contributed by atoms with Crippen molar-refractivity contribution in [1.29, 1.82) is 0 Å². The van der Waals surface area contributed by atoms with Crippen molar-refractivity contribution < 1.29 is 9.90 Å². The van der Waals surface area contributed by atoms with Crippen LogP contribution in [0.4, 0.5) is 11.4 Å². The van der Waals surface area contributed by atoms with Crippen LogP contribution in [0.3, 0.4) is 0 Å². The molecule has 0 amide bonds. The fraction of sp³-hybridized carbons (Fsp3) is 0.0625. The Bertz CT molecular complexity index is 638. The topological polar surface area (TPSA) is 40.5 Å². The Morgan fingerprint density at radius 1 is 1.20 bits per heavy atom. The lowest BCUT2D eigenvalue weighted by atomic mass is 10.1. The zero-order valence-electron chi connectivity index (χ0n) is 11.0. The first-order chi connectivity index (χ1) is 9.58. The van der Waals surface area contributed by atoms with Gasteiger partial charge in [0, 0.05) is 29.0 Å². The molecule has 2 rings (SSSR count). The van der Waals surface area contributed by atoms with Gasteiger partial charge in [-0.25, -0.2) is 4.79 Å². The van der Waals surface area contributed by atoms with Crippen molar-refractivity contribution in [2.24, 2.45) is 0 Å². The maximum atomic E-state index is 10.7. The van der Waals surface area contributed by atoms with E-state index in [9.17, 15) is 4.79 Å². The van der Waals surface area contributed by atoms with Gasteiger partial charge in [-0.2, -0.15) is 0 Å². The van der Waals surface area contributed by atoms with Crippen molar-refractivity contribution in [2.75, 3.05) is 11.9 Å². The molecule has 0 spiro atoms. The summed E-state index contributed by atoms with van der Waals surface area (Å²) >= 11 is 3.41. The predicted octanol–water partition coefficient (Wildman–Crippen LogP) is 4.31. The molecule has 0 radical (unpaired) electrons. The Morgan fingerprint density at radius 2 is 1.90 bits per heavy atom. The second kappa shape index (κ2) is 6.39. The molecule has 0 aliphatic carbocycles. The van der Waals surface area contributed by atoms with E-state index in [1.165, 1.54) is 0 Å². The predicted molar refractivity (Wildman–Crippen MR) is 85.3 cm³/mol. The molecule has 0 atom stereocenters. The SMILES string of the molecule is CN(c1ccccc1)c1ccc(Br)cc1/C=C/C(=O)O. The van der Waals surface area contributed by atoms with Gasteiger partial charge in [0.25, 0.3) is 0 Å². The average Bonchev–Trinajstić information content (AvgIpc) is 2.45. The van der Waals surface area contributed by atoms with E-state index in [-0.39, 0.29) is 0 Å². The number of aliphatic carboxylic acids is 1. The van der Waals surface area contributed by atoms with Gasteiger partial charge in [-0.15, -0.1) is 0 Å². The molecule has 0 saturated heterocycles. The number of nitrogens with zero attached hydrogens (tertiary/aromatic N) is 1. The number of carbonyl (C=O) groups is 1. The number of rotatable bonds is 4. The molecule has 1 N–H and O–H groups in total. The number of carboxylic acid groups (broad SMARTS) is 1. The summed E-state index contributed by atoms with van der Waals surface area (Å²) in [4.78, 5) is 12.7. The summed E-state index contributed by atoms with van der Waals surface area (Å²) in [5, 5.41) is 8.78. The lowest BCUT2D eigenvalue weighted by molar-refractivity contribution is -0.131. The van der Waals surface area contributed by atoms with Crippen LogP contribution in [-0.2, 0) is 4.79 Å². The molecule has 0 fully saturated rings. The third-order valence-electron chi connectivity index (χ3n) is 2.90. The molecule has 0 saturated carbocycles. The molecule has 102 valence electrons. The van der Waals surface area contributed by atoms with Crippen molar-refractivity contribution in [3.63, 3.8) is 0 Å². The number of benzene rings is 2. The lowest BCUT2D eigenvalue weighted by Gasteiger charge is -2.21. The van der Waals surface area contributed by atoms with E-state index in [2.05, 4.69) is 15.9 Å². The molecule has 4 heteroatoms. The van der Waals surface area contributed by atoms with Crippen molar-refractivity contribution in [3.05, 3.63) is 64.6 Å². The van der Waals surface area contributed by atoms with E-state index >= 15 is 0 Å². The van der Waals surface area contributed by atoms with Crippen LogP contribution < -0.4 is 4.90 Å². The molecule has 2 aromatic rings. The summed E-state index contributed by atoms with van der Waals surface area (Å²) in [5.41, 5.74) is 2.82. The molecule has 20 heavy (non-hydrogen) atoms. The summed E-state index contributed by atoms with van der Waals surface area (Å²) in [6, 6.07) is 15.7. The number of hydrogen-bond donors (Lipinski definition) is 1. The van der Waals surface area contributed by atoms with Gasteiger partial charge in [0.1, 0.15) is 0 Å². The van der Waals surface area contributed by atoms with Crippen LogP contribution in [-0.4, -0.2) is 18.1 Å². The van der Waals surface area contributed by atoms with Crippen molar-refractivity contribution in [1.82, 2.24) is 0 Å². The molecular formula is C16H14BrNO2. The van der Waals surface area contributed by atoms with Crippen molar-refractivity contribution in [2.45, 2.75) is 0 Å². The second-order valence-corrected chi connectivity index (χ2v) is 5.18. The Balaban J connectivity index is 2.43. The zero-order valence-corrected chi connectivity index (χ0v) is 12.5. The maximum Gasteiger partial charge on any atom is 0.328 e. The quantitative estimate of drug-likeness (QED) is 0.848. The van der Waals surface area contributed by atoms with Crippen LogP contribution in [0.15, 0.2) is 59.1 Å². The Hall–Kier alpha value is -2.07. The number of para-hydroxylation sites is 1. The minimum absolute atomic E-state index is 0.841. The molecule has 0 aliphatic rings. The van der Waals surface area contributed by atoms with Crippen LogP contribution in [0, 0.1) is 0 Å². The van der Waals surface area contributed by atoms with Crippen LogP contribution in [0.5, 0.6) is 0 Å². The molecule has 0 heterocycles. The molecular weight excluding hydrogens is 318 g/mol. The van der Waals surface area contributed by atoms with Gasteiger partial charge in [-0.3, -0.25) is 0 Å². The van der Waals surface area contributed by atoms with E-state index in [1.54, 1.807) is 6.08 Å². The fourth-order valence-corrected chi connectivity index (χ4v) is 2.29. The highest BCUT2D eigenvalue weighted by molar-refractivity contribution is 9.10. The molecule has 2 aromatic carbocycles. The highest BCUT2D eigenvalue weighted by Gasteiger charge is 2.08. The third kappa shape index (κ3) is 3.48. The van der Waals surface area contributed by atoms with Gasteiger partial charge in [0.15, 0.2) is 0 Å². The molecule has 0 aliphatic heterocycles. The van der Waals surface area contributed by atoms with Crippen LogP contribution in [0.25, 0.3) is 6.08 Å². The molecule has 0 bridgehead atoms. The minimum atomic E-state index is -0.960. The van der Waals surface area contributed by atoms with Gasteiger partial charge >= 0.3 is 5.97 Å². The summed E-state index contributed by atoms with van der Waals surface area (Å²) in [6.45, 7) is 0. The summed E-state index contributed by atoms with van der Waals surface area (Å²) in [6.07, 6.45) is 2.74. The number of anilines is 2. The van der Waals surface area contributed by atoms with Crippen LogP contribution in [0.1, 0.15) is 5.56 Å². The van der Waals surface area contributed by atoms with E-state index in [1.807, 2.05) is 60.5 Å². The van der Waals surface area contributed by atoms with Crippen LogP contribution in [0.2, 0.25) is 0 Å². The molecule has 0 aromatic heterocycles. The fourth-order valence-electron chi connectivity index (χ4n) is 1.92. The maximum absolute atomic E-state index is 10.7. The average molecular weight is 332 g/mol. The van der Waals surface area contributed by atoms with E-state index in [0.717, 1.165) is 27.5 Å². The smallest absolute Gasteiger partial charge is 0.328 e. The highest BCUT2D eigenvalue weighted by atomic mass is 79.9. The van der Waals surface area contributed by atoms with Gasteiger partial charge < -0.3 is 10.0 Å². The first-order valence-electron chi connectivity index (χ1n) is 6.07. The minimum Gasteiger partial charge on any atom is -0.478 e. The Kier molecular flexibility index (Phi) is 4.58.